The third kappa shape index (κ3) is 4.22. The van der Waals surface area contributed by atoms with Gasteiger partial charge in [-0.25, -0.2) is 14.6 Å². The second kappa shape index (κ2) is 8.50. The minimum Gasteiger partial charge on any atom is -0.379 e. The number of carbonyl (C=O) groups is 1. The Labute approximate surface area is 194 Å². The number of nitrogens with zero attached hydrogens (tertiary/aromatic N) is 4. The van der Waals surface area contributed by atoms with Gasteiger partial charge in [-0.2, -0.15) is 5.10 Å². The summed E-state index contributed by atoms with van der Waals surface area (Å²) in [7, 11) is 0. The lowest BCUT2D eigenvalue weighted by atomic mass is 9.45. The highest BCUT2D eigenvalue weighted by Crippen LogP contribution is 2.61. The molecule has 0 aliphatic heterocycles. The van der Waals surface area contributed by atoms with Gasteiger partial charge in [-0.05, 0) is 51.9 Å². The highest BCUT2D eigenvalue weighted by atomic mass is 79.9. The summed E-state index contributed by atoms with van der Waals surface area (Å²) in [6.07, 6.45) is 6.88. The van der Waals surface area contributed by atoms with Crippen LogP contribution in [0.15, 0.2) is 28.0 Å². The zero-order valence-corrected chi connectivity index (χ0v) is 20.1. The molecule has 3 aliphatic carbocycles. The number of amides is 1. The predicted octanol–water partition coefficient (Wildman–Crippen LogP) is 3.25. The molecule has 166 valence electrons. The molecule has 3 saturated carbocycles. The first-order valence-corrected chi connectivity index (χ1v) is 11.6. The van der Waals surface area contributed by atoms with Crippen LogP contribution >= 0.6 is 27.5 Å². The molecule has 1 amide bonds. The summed E-state index contributed by atoms with van der Waals surface area (Å²) in [5.41, 5.74) is 1.07. The fourth-order valence-electron chi connectivity index (χ4n) is 5.06. The van der Waals surface area contributed by atoms with Crippen molar-refractivity contribution < 1.29 is 4.79 Å². The number of halogens is 2. The molecule has 2 aromatic rings. The summed E-state index contributed by atoms with van der Waals surface area (Å²) in [6, 6.07) is 0.265. The first kappa shape index (κ1) is 22.2. The van der Waals surface area contributed by atoms with Crippen LogP contribution in [0.2, 0.25) is 5.02 Å². The molecule has 2 heterocycles. The van der Waals surface area contributed by atoms with Crippen molar-refractivity contribution in [3.8, 4) is 0 Å². The van der Waals surface area contributed by atoms with Crippen molar-refractivity contribution in [1.29, 1.82) is 0 Å². The van der Waals surface area contributed by atoms with Gasteiger partial charge in [0.15, 0.2) is 0 Å². The molecular formula is C21H26BrClN6O2. The van der Waals surface area contributed by atoms with Crippen LogP contribution in [0.5, 0.6) is 0 Å². The second-order valence-corrected chi connectivity index (χ2v) is 10.4. The van der Waals surface area contributed by atoms with Crippen LogP contribution in [0.4, 0.5) is 5.69 Å². The van der Waals surface area contributed by atoms with Crippen LogP contribution in [-0.4, -0.2) is 31.7 Å². The van der Waals surface area contributed by atoms with Gasteiger partial charge in [-0.15, -0.1) is 0 Å². The number of hydrogen-bond acceptors (Lipinski definition) is 6. The lowest BCUT2D eigenvalue weighted by molar-refractivity contribution is -0.122. The molecular weight excluding hydrogens is 484 g/mol. The summed E-state index contributed by atoms with van der Waals surface area (Å²) in [6.45, 7) is 6.95. The van der Waals surface area contributed by atoms with E-state index in [1.54, 1.807) is 6.20 Å². The Morgan fingerprint density at radius 3 is 2.81 bits per heavy atom. The molecule has 0 saturated heterocycles. The van der Waals surface area contributed by atoms with Gasteiger partial charge in [0.05, 0.1) is 28.6 Å². The molecule has 31 heavy (non-hydrogen) atoms. The van der Waals surface area contributed by atoms with E-state index in [0.29, 0.717) is 39.0 Å². The fourth-order valence-corrected chi connectivity index (χ4v) is 5.62. The van der Waals surface area contributed by atoms with Gasteiger partial charge in [0.25, 0.3) is 5.56 Å². The molecule has 10 heteroatoms. The summed E-state index contributed by atoms with van der Waals surface area (Å²) in [5, 5.41) is 10.4. The van der Waals surface area contributed by atoms with Gasteiger partial charge in [-0.1, -0.05) is 32.4 Å². The molecule has 0 unspecified atom stereocenters. The van der Waals surface area contributed by atoms with E-state index in [9.17, 15) is 9.59 Å². The number of nitrogens with one attached hydrogen (secondary N) is 2. The Bertz CT molecular complexity index is 1060. The lowest BCUT2D eigenvalue weighted by Crippen LogP contribution is -2.58. The fraction of sp³-hybridized carbons (Fsp3) is 0.571. The van der Waals surface area contributed by atoms with Crippen molar-refractivity contribution in [1.82, 2.24) is 25.1 Å². The van der Waals surface area contributed by atoms with Crippen LogP contribution in [0.1, 0.15) is 39.3 Å². The summed E-state index contributed by atoms with van der Waals surface area (Å²) in [4.78, 5) is 32.9. The van der Waals surface area contributed by atoms with Gasteiger partial charge in [0, 0.05) is 12.2 Å². The minimum atomic E-state index is -0.487. The van der Waals surface area contributed by atoms with Crippen molar-refractivity contribution in [2.45, 2.75) is 52.7 Å². The average Bonchev–Trinajstić information content (AvgIpc) is 2.73. The van der Waals surface area contributed by atoms with E-state index < -0.39 is 5.56 Å². The van der Waals surface area contributed by atoms with Gasteiger partial charge in [-0.3, -0.25) is 9.59 Å². The first-order chi connectivity index (χ1) is 14.7. The van der Waals surface area contributed by atoms with E-state index in [2.05, 4.69) is 62.4 Å². The Hall–Kier alpha value is -2.00. The highest BCUT2D eigenvalue weighted by Gasteiger charge is 2.56. The standard InChI is InChI=1S/C21H26BrClN6O2/c1-11-13-4-12(21(13,2)3)5-15(11)28-17-8-27-29(20(31)19(17)23)9-18(30)25-7-16-14(22)6-24-10-26-16/h6,8,10-13,15,28H,4-5,7,9H2,1-3H3,(H,25,30)/t11-,12+,13-,15-/m1/s1. The zero-order chi connectivity index (χ0) is 22.3. The Morgan fingerprint density at radius 2 is 2.13 bits per heavy atom. The van der Waals surface area contributed by atoms with Gasteiger partial charge in [0.2, 0.25) is 5.91 Å². The molecule has 4 atom stereocenters. The SMILES string of the molecule is C[C@@H]1[C@H]2C[C@@H](C[C@H]1Nc1cnn(CC(=O)NCc3ncncc3Br)c(=O)c1Cl)C2(C)C. The number of aromatic nitrogens is 4. The van der Waals surface area contributed by atoms with Crippen molar-refractivity contribution >= 4 is 39.1 Å². The Kier molecular flexibility index (Phi) is 6.09. The van der Waals surface area contributed by atoms with Gasteiger partial charge in [0.1, 0.15) is 17.9 Å². The highest BCUT2D eigenvalue weighted by molar-refractivity contribution is 9.10. The van der Waals surface area contributed by atoms with E-state index in [1.165, 1.54) is 18.9 Å². The molecule has 2 aromatic heterocycles. The lowest BCUT2D eigenvalue weighted by Gasteiger charge is -2.62. The summed E-state index contributed by atoms with van der Waals surface area (Å²) >= 11 is 9.69. The van der Waals surface area contributed by atoms with Crippen LogP contribution in [-0.2, 0) is 17.9 Å². The quantitative estimate of drug-likeness (QED) is 0.620. The van der Waals surface area contributed by atoms with Crippen LogP contribution in [0.25, 0.3) is 0 Å². The Balaban J connectivity index is 1.39. The number of anilines is 1. The third-order valence-electron chi connectivity index (χ3n) is 7.17. The van der Waals surface area contributed by atoms with E-state index in [4.69, 9.17) is 11.6 Å². The van der Waals surface area contributed by atoms with Crippen molar-refractivity contribution in [3.63, 3.8) is 0 Å². The minimum absolute atomic E-state index is 0.0621. The van der Waals surface area contributed by atoms with E-state index in [1.807, 2.05) is 0 Å². The van der Waals surface area contributed by atoms with E-state index in [0.717, 1.165) is 11.1 Å². The maximum Gasteiger partial charge on any atom is 0.288 e. The predicted molar refractivity (Wildman–Crippen MR) is 122 cm³/mol. The molecule has 8 nitrogen and oxygen atoms in total. The van der Waals surface area contributed by atoms with E-state index >= 15 is 0 Å². The topological polar surface area (TPSA) is 102 Å². The molecule has 3 fully saturated rings. The third-order valence-corrected chi connectivity index (χ3v) is 8.20. The van der Waals surface area contributed by atoms with Crippen LogP contribution in [0, 0.1) is 23.2 Å². The molecule has 2 N–H and O–H groups in total. The maximum absolute atomic E-state index is 12.7. The molecule has 0 spiro atoms. The van der Waals surface area contributed by atoms with Gasteiger partial charge < -0.3 is 10.6 Å². The molecule has 2 bridgehead atoms. The summed E-state index contributed by atoms with van der Waals surface area (Å²) in [5.74, 6) is 1.50. The number of carbonyl (C=O) groups excluding carboxylic acids is 1. The average molecular weight is 510 g/mol. The zero-order valence-electron chi connectivity index (χ0n) is 17.7. The summed E-state index contributed by atoms with van der Waals surface area (Å²) < 4.78 is 1.77. The largest absolute Gasteiger partial charge is 0.379 e. The van der Waals surface area contributed by atoms with Crippen molar-refractivity contribution in [2.75, 3.05) is 5.32 Å². The smallest absolute Gasteiger partial charge is 0.288 e. The first-order valence-electron chi connectivity index (χ1n) is 10.4. The Morgan fingerprint density at radius 1 is 1.35 bits per heavy atom. The van der Waals surface area contributed by atoms with Crippen molar-refractivity contribution in [3.05, 3.63) is 44.3 Å². The van der Waals surface area contributed by atoms with E-state index in [-0.39, 0.29) is 30.1 Å². The van der Waals surface area contributed by atoms with Gasteiger partial charge >= 0.3 is 0 Å². The second-order valence-electron chi connectivity index (χ2n) is 9.14. The monoisotopic (exact) mass is 508 g/mol. The normalized spacial score (nSPS) is 26.1. The van der Waals surface area contributed by atoms with Crippen LogP contribution in [0.3, 0.4) is 0 Å². The van der Waals surface area contributed by atoms with Crippen LogP contribution < -0.4 is 16.2 Å². The molecule has 0 aromatic carbocycles. The number of hydrogen-bond donors (Lipinski definition) is 2. The van der Waals surface area contributed by atoms with Crippen molar-refractivity contribution in [2.24, 2.45) is 23.2 Å². The molecule has 3 aliphatic rings. The molecule has 0 radical (unpaired) electrons. The number of rotatable bonds is 6. The molecule has 5 rings (SSSR count). The maximum atomic E-state index is 12.7. The number of fused-ring (bicyclic) bond motifs is 2.